The molecule has 18 heavy (non-hydrogen) atoms. The van der Waals surface area contributed by atoms with Gasteiger partial charge in [0.2, 0.25) is 0 Å². The Labute approximate surface area is 108 Å². The van der Waals surface area contributed by atoms with Gasteiger partial charge in [-0.05, 0) is 18.6 Å². The average molecular weight is 242 g/mol. The van der Waals surface area contributed by atoms with Crippen molar-refractivity contribution in [3.63, 3.8) is 0 Å². The summed E-state index contributed by atoms with van der Waals surface area (Å²) < 4.78 is 0. The third-order valence-electron chi connectivity index (χ3n) is 2.42. The molecule has 1 amide bonds. The summed E-state index contributed by atoms with van der Waals surface area (Å²) in [5, 5.41) is 2.58. The van der Waals surface area contributed by atoms with Crippen LogP contribution < -0.4 is 5.32 Å². The lowest BCUT2D eigenvalue weighted by atomic mass is 10.1. The molecule has 0 fully saturated rings. The Kier molecular flexibility index (Phi) is 4.93. The van der Waals surface area contributed by atoms with Gasteiger partial charge in [0, 0.05) is 18.9 Å². The molecule has 3 nitrogen and oxygen atoms in total. The van der Waals surface area contributed by atoms with Crippen molar-refractivity contribution in [2.45, 2.75) is 6.92 Å². The zero-order valence-electron chi connectivity index (χ0n) is 10.8. The molecule has 1 aromatic heterocycles. The van der Waals surface area contributed by atoms with E-state index in [1.807, 2.05) is 25.2 Å². The van der Waals surface area contributed by atoms with Crippen LogP contribution >= 0.6 is 0 Å². The Morgan fingerprint density at radius 2 is 2.22 bits per heavy atom. The molecule has 0 aliphatic rings. The van der Waals surface area contributed by atoms with E-state index in [9.17, 15) is 4.79 Å². The average Bonchev–Trinajstić information content (AvgIpc) is 2.85. The van der Waals surface area contributed by atoms with Crippen LogP contribution in [0.25, 0.3) is 5.57 Å². The van der Waals surface area contributed by atoms with Crippen molar-refractivity contribution in [3.05, 3.63) is 66.6 Å². The Hall–Kier alpha value is -2.29. The maximum Gasteiger partial charge on any atom is 0.252 e. The predicted octanol–water partition coefficient (Wildman–Crippen LogP) is 3.08. The molecule has 2 N–H and O–H groups in total. The van der Waals surface area contributed by atoms with Crippen LogP contribution in [0, 0.1) is 0 Å². The van der Waals surface area contributed by atoms with Gasteiger partial charge in [0.1, 0.15) is 0 Å². The second kappa shape index (κ2) is 6.45. The maximum atomic E-state index is 11.4. The summed E-state index contributed by atoms with van der Waals surface area (Å²) in [6.45, 7) is 9.57. The van der Waals surface area contributed by atoms with Crippen LogP contribution in [0.1, 0.15) is 23.0 Å². The number of aromatic amines is 1. The van der Waals surface area contributed by atoms with E-state index in [-0.39, 0.29) is 5.91 Å². The standard InChI is InChI=1S/C15H18N2O/c1-5-6-7-11(2)8-12(3)14-9-13(10-17-14)15(18)16-4/h5-10,17H,1,3H2,2,4H3,(H,16,18)/b7-6-,11-8-. The van der Waals surface area contributed by atoms with Gasteiger partial charge < -0.3 is 10.3 Å². The highest BCUT2D eigenvalue weighted by Crippen LogP contribution is 2.16. The van der Waals surface area contributed by atoms with E-state index in [2.05, 4.69) is 23.5 Å². The lowest BCUT2D eigenvalue weighted by Crippen LogP contribution is -2.16. The number of carbonyl (C=O) groups excluding carboxylic acids is 1. The Morgan fingerprint density at radius 3 is 2.83 bits per heavy atom. The third kappa shape index (κ3) is 3.63. The predicted molar refractivity (Wildman–Crippen MR) is 76.3 cm³/mol. The molecular formula is C15H18N2O. The lowest BCUT2D eigenvalue weighted by Gasteiger charge is -1.97. The lowest BCUT2D eigenvalue weighted by molar-refractivity contribution is 0.0963. The minimum absolute atomic E-state index is 0.113. The zero-order chi connectivity index (χ0) is 13.5. The molecule has 1 heterocycles. The summed E-state index contributed by atoms with van der Waals surface area (Å²) in [5.74, 6) is -0.113. The van der Waals surface area contributed by atoms with Crippen LogP contribution in [-0.2, 0) is 0 Å². The van der Waals surface area contributed by atoms with Crippen LogP contribution in [0.2, 0.25) is 0 Å². The van der Waals surface area contributed by atoms with Gasteiger partial charge in [0.05, 0.1) is 5.56 Å². The fourth-order valence-electron chi connectivity index (χ4n) is 1.48. The molecule has 0 aliphatic carbocycles. The van der Waals surface area contributed by atoms with E-state index in [4.69, 9.17) is 0 Å². The fraction of sp³-hybridized carbons (Fsp3) is 0.133. The van der Waals surface area contributed by atoms with Crippen molar-refractivity contribution >= 4 is 11.5 Å². The molecule has 0 aromatic carbocycles. The van der Waals surface area contributed by atoms with Crippen molar-refractivity contribution in [2.75, 3.05) is 7.05 Å². The Bertz CT molecular complexity index is 518. The Morgan fingerprint density at radius 1 is 1.50 bits per heavy atom. The first-order valence-electron chi connectivity index (χ1n) is 5.65. The molecule has 1 aromatic rings. The SMILES string of the molecule is C=C/C=C\C(C)=C/C(=C)c1cc(C(=O)NC)c[nH]1. The van der Waals surface area contributed by atoms with E-state index in [1.165, 1.54) is 0 Å². The number of amides is 1. The number of carbonyl (C=O) groups is 1. The summed E-state index contributed by atoms with van der Waals surface area (Å²) in [6.07, 6.45) is 9.14. The first kappa shape index (κ1) is 13.8. The number of allylic oxidation sites excluding steroid dienone is 6. The number of H-pyrrole nitrogens is 1. The molecule has 0 unspecified atom stereocenters. The molecule has 0 spiro atoms. The normalized spacial score (nSPS) is 11.6. The second-order valence-electron chi connectivity index (χ2n) is 3.89. The van der Waals surface area contributed by atoms with Gasteiger partial charge in [-0.1, -0.05) is 43.0 Å². The summed E-state index contributed by atoms with van der Waals surface area (Å²) in [5.41, 5.74) is 3.33. The van der Waals surface area contributed by atoms with Gasteiger partial charge in [0.25, 0.3) is 5.91 Å². The van der Waals surface area contributed by atoms with E-state index in [1.54, 1.807) is 25.4 Å². The number of hydrogen-bond donors (Lipinski definition) is 2. The van der Waals surface area contributed by atoms with Gasteiger partial charge >= 0.3 is 0 Å². The largest absolute Gasteiger partial charge is 0.360 e. The summed E-state index contributed by atoms with van der Waals surface area (Å²) in [4.78, 5) is 14.4. The monoisotopic (exact) mass is 242 g/mol. The van der Waals surface area contributed by atoms with Crippen molar-refractivity contribution in [2.24, 2.45) is 0 Å². The molecule has 0 radical (unpaired) electrons. The molecule has 0 bridgehead atoms. The molecule has 0 aliphatic heterocycles. The second-order valence-corrected chi connectivity index (χ2v) is 3.89. The summed E-state index contributed by atoms with van der Waals surface area (Å²) >= 11 is 0. The molecule has 0 atom stereocenters. The van der Waals surface area contributed by atoms with Crippen LogP contribution in [0.4, 0.5) is 0 Å². The van der Waals surface area contributed by atoms with E-state index >= 15 is 0 Å². The van der Waals surface area contributed by atoms with Crippen LogP contribution in [0.3, 0.4) is 0 Å². The van der Waals surface area contributed by atoms with Gasteiger partial charge in [0.15, 0.2) is 0 Å². The highest BCUT2D eigenvalue weighted by molar-refractivity contribution is 5.95. The fourth-order valence-corrected chi connectivity index (χ4v) is 1.48. The number of rotatable bonds is 5. The molecule has 1 rings (SSSR count). The number of nitrogens with one attached hydrogen (secondary N) is 2. The quantitative estimate of drug-likeness (QED) is 0.766. The van der Waals surface area contributed by atoms with Crippen molar-refractivity contribution in [1.29, 1.82) is 0 Å². The molecular weight excluding hydrogens is 224 g/mol. The van der Waals surface area contributed by atoms with Crippen LogP contribution in [-0.4, -0.2) is 17.9 Å². The molecule has 94 valence electrons. The molecule has 0 saturated carbocycles. The molecule has 3 heteroatoms. The van der Waals surface area contributed by atoms with E-state index < -0.39 is 0 Å². The minimum atomic E-state index is -0.113. The van der Waals surface area contributed by atoms with Crippen molar-refractivity contribution < 1.29 is 4.79 Å². The van der Waals surface area contributed by atoms with Gasteiger partial charge in [-0.3, -0.25) is 4.79 Å². The minimum Gasteiger partial charge on any atom is -0.360 e. The van der Waals surface area contributed by atoms with Gasteiger partial charge in [-0.25, -0.2) is 0 Å². The zero-order valence-corrected chi connectivity index (χ0v) is 10.8. The van der Waals surface area contributed by atoms with Gasteiger partial charge in [-0.2, -0.15) is 0 Å². The van der Waals surface area contributed by atoms with Crippen molar-refractivity contribution in [1.82, 2.24) is 10.3 Å². The Balaban J connectivity index is 2.85. The first-order valence-corrected chi connectivity index (χ1v) is 5.65. The molecule has 0 saturated heterocycles. The van der Waals surface area contributed by atoms with Crippen LogP contribution in [0.5, 0.6) is 0 Å². The van der Waals surface area contributed by atoms with Crippen LogP contribution in [0.15, 0.2) is 55.3 Å². The van der Waals surface area contributed by atoms with E-state index in [0.717, 1.165) is 16.8 Å². The highest BCUT2D eigenvalue weighted by Gasteiger charge is 2.06. The van der Waals surface area contributed by atoms with E-state index in [0.29, 0.717) is 5.56 Å². The first-order chi connectivity index (χ1) is 8.58. The maximum absolute atomic E-state index is 11.4. The topological polar surface area (TPSA) is 44.9 Å². The smallest absolute Gasteiger partial charge is 0.252 e. The highest BCUT2D eigenvalue weighted by atomic mass is 16.1. The van der Waals surface area contributed by atoms with Crippen molar-refractivity contribution in [3.8, 4) is 0 Å². The summed E-state index contributed by atoms with van der Waals surface area (Å²) in [6, 6.07) is 1.78. The number of hydrogen-bond acceptors (Lipinski definition) is 1. The summed E-state index contributed by atoms with van der Waals surface area (Å²) in [7, 11) is 1.61. The third-order valence-corrected chi connectivity index (χ3v) is 2.42. The number of aromatic nitrogens is 1. The van der Waals surface area contributed by atoms with Gasteiger partial charge in [-0.15, -0.1) is 0 Å².